The molecule has 0 bridgehead atoms. The van der Waals surface area contributed by atoms with E-state index in [1.165, 1.54) is 0 Å². The molecule has 0 aromatic heterocycles. The fourth-order valence-electron chi connectivity index (χ4n) is 3.19. The van der Waals surface area contributed by atoms with E-state index in [0.29, 0.717) is 25.3 Å². The Morgan fingerprint density at radius 1 is 1.13 bits per heavy atom. The number of rotatable bonds is 11. The number of ether oxygens (including phenoxy) is 1. The zero-order valence-electron chi connectivity index (χ0n) is 18.0. The molecule has 0 heterocycles. The summed E-state index contributed by atoms with van der Waals surface area (Å²) in [7, 11) is 0. The lowest BCUT2D eigenvalue weighted by molar-refractivity contribution is -0.143. The van der Waals surface area contributed by atoms with Gasteiger partial charge in [-0.15, -0.1) is 0 Å². The van der Waals surface area contributed by atoms with Crippen molar-refractivity contribution < 1.29 is 14.3 Å². The van der Waals surface area contributed by atoms with E-state index in [9.17, 15) is 9.59 Å². The molecule has 162 valence electrons. The number of hydrogen-bond acceptors (Lipinski definition) is 3. The number of amides is 2. The van der Waals surface area contributed by atoms with E-state index in [0.717, 1.165) is 27.5 Å². The molecule has 0 fully saturated rings. The first-order valence-corrected chi connectivity index (χ1v) is 11.5. The van der Waals surface area contributed by atoms with Crippen molar-refractivity contribution in [2.45, 2.75) is 52.6 Å². The van der Waals surface area contributed by atoms with E-state index >= 15 is 0 Å². The smallest absolute Gasteiger partial charge is 0.261 e. The Bertz CT molecular complexity index is 823. The van der Waals surface area contributed by atoms with Gasteiger partial charge in [0.05, 0.1) is 0 Å². The van der Waals surface area contributed by atoms with Crippen LogP contribution in [0.3, 0.4) is 0 Å². The van der Waals surface area contributed by atoms with Gasteiger partial charge in [-0.05, 0) is 72.2 Å². The molecule has 0 saturated heterocycles. The molecule has 2 aromatic rings. The number of aryl methyl sites for hydroxylation is 1. The first-order chi connectivity index (χ1) is 14.4. The second kappa shape index (κ2) is 12.6. The van der Waals surface area contributed by atoms with Crippen LogP contribution in [0.2, 0.25) is 0 Å². The molecule has 0 unspecified atom stereocenters. The van der Waals surface area contributed by atoms with Crippen LogP contribution in [0.4, 0.5) is 0 Å². The summed E-state index contributed by atoms with van der Waals surface area (Å²) in [5.74, 6) is 0.327. The van der Waals surface area contributed by atoms with Crippen LogP contribution in [0, 0.1) is 10.5 Å². The van der Waals surface area contributed by atoms with Gasteiger partial charge in [0, 0.05) is 16.7 Å². The van der Waals surface area contributed by atoms with Gasteiger partial charge in [-0.2, -0.15) is 0 Å². The summed E-state index contributed by atoms with van der Waals surface area (Å²) in [6, 6.07) is 15.0. The summed E-state index contributed by atoms with van der Waals surface area (Å²) >= 11 is 2.22. The Morgan fingerprint density at radius 3 is 2.50 bits per heavy atom. The highest BCUT2D eigenvalue weighted by Crippen LogP contribution is 2.16. The zero-order valence-corrected chi connectivity index (χ0v) is 20.1. The first kappa shape index (κ1) is 24.2. The fourth-order valence-corrected chi connectivity index (χ4v) is 3.55. The molecule has 1 atom stereocenters. The summed E-state index contributed by atoms with van der Waals surface area (Å²) in [5.41, 5.74) is 2.12. The van der Waals surface area contributed by atoms with Gasteiger partial charge in [0.25, 0.3) is 5.91 Å². The third kappa shape index (κ3) is 7.63. The van der Waals surface area contributed by atoms with E-state index in [2.05, 4.69) is 34.8 Å². The number of benzene rings is 2. The number of nitrogens with one attached hydrogen (secondary N) is 1. The summed E-state index contributed by atoms with van der Waals surface area (Å²) < 4.78 is 6.81. The van der Waals surface area contributed by atoms with E-state index in [4.69, 9.17) is 4.74 Å². The monoisotopic (exact) mass is 522 g/mol. The summed E-state index contributed by atoms with van der Waals surface area (Å²) in [4.78, 5) is 27.6. The summed E-state index contributed by atoms with van der Waals surface area (Å²) in [5, 5.41) is 2.97. The van der Waals surface area contributed by atoms with E-state index in [1.54, 1.807) is 4.90 Å². The van der Waals surface area contributed by atoms with Gasteiger partial charge in [-0.25, -0.2) is 0 Å². The second-order valence-corrected chi connectivity index (χ2v) is 8.57. The number of carbonyl (C=O) groups excluding carboxylic acids is 2. The normalized spacial score (nSPS) is 11.6. The van der Waals surface area contributed by atoms with Crippen LogP contribution in [-0.2, 0) is 16.1 Å². The predicted octanol–water partition coefficient (Wildman–Crippen LogP) is 4.70. The highest BCUT2D eigenvalue weighted by molar-refractivity contribution is 14.1. The number of unbranched alkanes of at least 4 members (excludes halogenated alkanes) is 1. The van der Waals surface area contributed by atoms with Crippen molar-refractivity contribution >= 4 is 34.4 Å². The van der Waals surface area contributed by atoms with Gasteiger partial charge < -0.3 is 15.0 Å². The van der Waals surface area contributed by atoms with Crippen molar-refractivity contribution in [3.05, 3.63) is 63.2 Å². The first-order valence-electron chi connectivity index (χ1n) is 10.5. The largest absolute Gasteiger partial charge is 0.484 e. The van der Waals surface area contributed by atoms with Crippen molar-refractivity contribution in [2.75, 3.05) is 13.2 Å². The molecule has 1 N–H and O–H groups in total. The maximum absolute atomic E-state index is 13.1. The number of halogens is 1. The molecule has 5 nitrogen and oxygen atoms in total. The lowest BCUT2D eigenvalue weighted by atomic mass is 10.1. The van der Waals surface area contributed by atoms with Gasteiger partial charge in [0.2, 0.25) is 5.91 Å². The molecule has 0 aliphatic rings. The molecule has 0 saturated carbocycles. The standard InChI is InChI=1S/C24H31IN2O3/c1-4-6-14-26-24(29)22(5-2)27(16-19-9-7-8-18(3)15-19)23(28)17-30-21-12-10-20(25)11-13-21/h7-13,15,22H,4-6,14,16-17H2,1-3H3,(H,26,29)/t22-/m0/s1. The minimum Gasteiger partial charge on any atom is -0.484 e. The molecule has 6 heteroatoms. The number of carbonyl (C=O) groups is 2. The highest BCUT2D eigenvalue weighted by atomic mass is 127. The molecule has 0 aliphatic carbocycles. The topological polar surface area (TPSA) is 58.6 Å². The van der Waals surface area contributed by atoms with Crippen LogP contribution >= 0.6 is 22.6 Å². The maximum Gasteiger partial charge on any atom is 0.261 e. The molecular weight excluding hydrogens is 491 g/mol. The number of nitrogens with zero attached hydrogens (tertiary/aromatic N) is 1. The van der Waals surface area contributed by atoms with Gasteiger partial charge in [-0.1, -0.05) is 50.1 Å². The van der Waals surface area contributed by atoms with Crippen molar-refractivity contribution in [1.82, 2.24) is 10.2 Å². The molecule has 30 heavy (non-hydrogen) atoms. The fraction of sp³-hybridized carbons (Fsp3) is 0.417. The minimum atomic E-state index is -0.532. The molecular formula is C24H31IN2O3. The second-order valence-electron chi connectivity index (χ2n) is 7.32. The maximum atomic E-state index is 13.1. The Hall–Kier alpha value is -2.09. The van der Waals surface area contributed by atoms with Gasteiger partial charge in [-0.3, -0.25) is 9.59 Å². The Morgan fingerprint density at radius 2 is 1.87 bits per heavy atom. The minimum absolute atomic E-state index is 0.106. The Kier molecular flexibility index (Phi) is 10.1. The van der Waals surface area contributed by atoms with Crippen LogP contribution in [0.25, 0.3) is 0 Å². The molecule has 2 amide bonds. The number of hydrogen-bond donors (Lipinski definition) is 1. The lowest BCUT2D eigenvalue weighted by Crippen LogP contribution is -2.50. The van der Waals surface area contributed by atoms with Crippen LogP contribution in [-0.4, -0.2) is 35.9 Å². The summed E-state index contributed by atoms with van der Waals surface area (Å²) in [6.45, 7) is 6.92. The molecule has 2 rings (SSSR count). The van der Waals surface area contributed by atoms with Gasteiger partial charge >= 0.3 is 0 Å². The van der Waals surface area contributed by atoms with Crippen LogP contribution < -0.4 is 10.1 Å². The van der Waals surface area contributed by atoms with Gasteiger partial charge in [0.1, 0.15) is 11.8 Å². The molecule has 0 radical (unpaired) electrons. The van der Waals surface area contributed by atoms with Crippen molar-refractivity contribution in [2.24, 2.45) is 0 Å². The van der Waals surface area contributed by atoms with E-state index in [-0.39, 0.29) is 18.4 Å². The third-order valence-electron chi connectivity index (χ3n) is 4.83. The Balaban J connectivity index is 2.16. The van der Waals surface area contributed by atoms with Gasteiger partial charge in [0.15, 0.2) is 6.61 Å². The highest BCUT2D eigenvalue weighted by Gasteiger charge is 2.28. The lowest BCUT2D eigenvalue weighted by Gasteiger charge is -2.30. The Labute approximate surface area is 193 Å². The third-order valence-corrected chi connectivity index (χ3v) is 5.55. The van der Waals surface area contributed by atoms with E-state index < -0.39 is 6.04 Å². The van der Waals surface area contributed by atoms with Crippen molar-refractivity contribution in [3.63, 3.8) is 0 Å². The van der Waals surface area contributed by atoms with Crippen LogP contribution in [0.1, 0.15) is 44.2 Å². The average Bonchev–Trinajstić information content (AvgIpc) is 2.73. The average molecular weight is 522 g/mol. The zero-order chi connectivity index (χ0) is 21.9. The molecule has 2 aromatic carbocycles. The summed E-state index contributed by atoms with van der Waals surface area (Å²) in [6.07, 6.45) is 2.47. The quantitative estimate of drug-likeness (QED) is 0.344. The van der Waals surface area contributed by atoms with Crippen molar-refractivity contribution in [3.8, 4) is 5.75 Å². The van der Waals surface area contributed by atoms with Crippen LogP contribution in [0.5, 0.6) is 5.75 Å². The SMILES string of the molecule is CCCCNC(=O)[C@H](CC)N(Cc1cccc(C)c1)C(=O)COc1ccc(I)cc1. The molecule has 0 aliphatic heterocycles. The molecule has 0 spiro atoms. The van der Waals surface area contributed by atoms with Crippen molar-refractivity contribution in [1.29, 1.82) is 0 Å². The van der Waals surface area contributed by atoms with Crippen LogP contribution in [0.15, 0.2) is 48.5 Å². The van der Waals surface area contributed by atoms with E-state index in [1.807, 2.05) is 62.4 Å². The predicted molar refractivity (Wildman–Crippen MR) is 128 cm³/mol.